The number of hydrogen-bond donors (Lipinski definition) is 0. The van der Waals surface area contributed by atoms with Crippen molar-refractivity contribution in [3.63, 3.8) is 0 Å². The summed E-state index contributed by atoms with van der Waals surface area (Å²) in [5, 5.41) is 3.58. The second-order valence-corrected chi connectivity index (χ2v) is 10.8. The molecule has 3 aromatic carbocycles. The molecule has 38 heavy (non-hydrogen) atoms. The van der Waals surface area contributed by atoms with E-state index in [4.69, 9.17) is 10.3 Å². The monoisotopic (exact) mass is 535 g/mol. The van der Waals surface area contributed by atoms with Gasteiger partial charge in [0, 0.05) is 48.4 Å². The first-order valence-corrected chi connectivity index (χ1v) is 13.8. The van der Waals surface area contributed by atoms with Crippen molar-refractivity contribution < 1.29 is 21.8 Å². The van der Waals surface area contributed by atoms with E-state index in [0.717, 1.165) is 22.3 Å². The van der Waals surface area contributed by atoms with Crippen LogP contribution in [0.3, 0.4) is 0 Å². The molecular weight excluding hydrogens is 509 g/mol. The Kier molecular flexibility index (Phi) is 6.96. The minimum atomic E-state index is -4.77. The van der Waals surface area contributed by atoms with Crippen LogP contribution < -0.4 is 4.90 Å². The normalized spacial score (nSPS) is 15.0. The molecule has 196 valence electrons. The van der Waals surface area contributed by atoms with E-state index in [0.29, 0.717) is 37.4 Å². The zero-order valence-corrected chi connectivity index (χ0v) is 21.6. The number of rotatable bonds is 6. The Labute approximate surface area is 220 Å². The molecular formula is C27H26FN5O4S. The fourth-order valence-electron chi connectivity index (χ4n) is 5.33. The van der Waals surface area contributed by atoms with E-state index in [2.05, 4.69) is 34.3 Å². The second-order valence-electron chi connectivity index (χ2n) is 9.40. The number of carbonyl (C=O) groups excluding carboxylic acids is 1. The van der Waals surface area contributed by atoms with Gasteiger partial charge in [0.25, 0.3) is 0 Å². The molecule has 0 aromatic heterocycles. The quantitative estimate of drug-likeness (QED) is 0.171. The molecule has 9 nitrogen and oxygen atoms in total. The lowest BCUT2D eigenvalue weighted by molar-refractivity contribution is 0.0977. The molecule has 1 aliphatic heterocycles. The maximum atomic E-state index is 13.4. The Bertz CT molecular complexity index is 1500. The standard InChI is InChI=1S/C27H26FN5O4S/c1-18-19(17-38(28,35)36)14-20(30-31-29)15-26(18)32-10-12-33(13-11-32)27(34)37-16-25-23-8-4-2-6-21(23)22-7-3-5-9-24(22)25/h2-9,14-15,25H,10-13,16-17H2,1H3. The first-order valence-electron chi connectivity index (χ1n) is 12.2. The summed E-state index contributed by atoms with van der Waals surface area (Å²) in [4.78, 5) is 19.3. The summed E-state index contributed by atoms with van der Waals surface area (Å²) in [6.07, 6.45) is -0.393. The highest BCUT2D eigenvalue weighted by atomic mass is 32.3. The molecule has 3 aromatic rings. The predicted octanol–water partition coefficient (Wildman–Crippen LogP) is 5.81. The van der Waals surface area contributed by atoms with E-state index in [1.807, 2.05) is 29.2 Å². The van der Waals surface area contributed by atoms with Crippen molar-refractivity contribution >= 4 is 27.7 Å². The van der Waals surface area contributed by atoms with Crippen molar-refractivity contribution in [3.05, 3.63) is 93.4 Å². The zero-order chi connectivity index (χ0) is 26.9. The number of amides is 1. The van der Waals surface area contributed by atoms with Gasteiger partial charge in [0.2, 0.25) is 0 Å². The van der Waals surface area contributed by atoms with Crippen LogP contribution in [-0.2, 0) is 20.7 Å². The number of carbonyl (C=O) groups is 1. The van der Waals surface area contributed by atoms with Gasteiger partial charge in [0.05, 0.1) is 0 Å². The third kappa shape index (κ3) is 5.16. The van der Waals surface area contributed by atoms with Crippen LogP contribution in [-0.4, -0.2) is 52.2 Å². The van der Waals surface area contributed by atoms with Gasteiger partial charge in [0.15, 0.2) is 0 Å². The van der Waals surface area contributed by atoms with Crippen molar-refractivity contribution in [1.29, 1.82) is 0 Å². The predicted molar refractivity (Wildman–Crippen MR) is 143 cm³/mol. The third-order valence-electron chi connectivity index (χ3n) is 7.18. The Hall–Kier alpha value is -4.08. The Balaban J connectivity index is 1.26. The van der Waals surface area contributed by atoms with Crippen LogP contribution in [0.4, 0.5) is 20.1 Å². The van der Waals surface area contributed by atoms with E-state index in [9.17, 15) is 17.1 Å². The Morgan fingerprint density at radius 1 is 1.05 bits per heavy atom. The first-order chi connectivity index (χ1) is 18.2. The fraction of sp³-hybridized carbons (Fsp3) is 0.296. The van der Waals surface area contributed by atoms with Crippen LogP contribution in [0.15, 0.2) is 65.8 Å². The van der Waals surface area contributed by atoms with Gasteiger partial charge in [-0.05, 0) is 58.0 Å². The molecule has 11 heteroatoms. The maximum absolute atomic E-state index is 13.4. The van der Waals surface area contributed by atoms with Crippen LogP contribution in [0.25, 0.3) is 21.6 Å². The number of anilines is 1. The summed E-state index contributed by atoms with van der Waals surface area (Å²) < 4.78 is 41.8. The smallest absolute Gasteiger partial charge is 0.409 e. The molecule has 0 atom stereocenters. The molecule has 0 unspecified atom stereocenters. The average molecular weight is 536 g/mol. The summed E-state index contributed by atoms with van der Waals surface area (Å²) in [6.45, 7) is 3.62. The van der Waals surface area contributed by atoms with Gasteiger partial charge in [-0.1, -0.05) is 53.6 Å². The molecule has 1 fully saturated rings. The summed E-state index contributed by atoms with van der Waals surface area (Å²) in [7, 11) is -4.77. The largest absolute Gasteiger partial charge is 0.448 e. The Morgan fingerprint density at radius 3 is 2.24 bits per heavy atom. The van der Waals surface area contributed by atoms with Crippen molar-refractivity contribution in [2.45, 2.75) is 18.6 Å². The number of hydrogen-bond acceptors (Lipinski definition) is 6. The lowest BCUT2D eigenvalue weighted by Gasteiger charge is -2.36. The van der Waals surface area contributed by atoms with Crippen LogP contribution in [0.1, 0.15) is 28.2 Å². The van der Waals surface area contributed by atoms with Gasteiger partial charge < -0.3 is 14.5 Å². The third-order valence-corrected chi connectivity index (χ3v) is 7.83. The van der Waals surface area contributed by atoms with Gasteiger partial charge in [0.1, 0.15) is 12.4 Å². The molecule has 1 heterocycles. The zero-order valence-electron chi connectivity index (χ0n) is 20.7. The summed E-state index contributed by atoms with van der Waals surface area (Å²) in [6, 6.07) is 19.3. The van der Waals surface area contributed by atoms with Crippen LogP contribution >= 0.6 is 0 Å². The van der Waals surface area contributed by atoms with Gasteiger partial charge in [-0.2, -0.15) is 8.42 Å². The van der Waals surface area contributed by atoms with E-state index in [1.54, 1.807) is 17.9 Å². The molecule has 1 aliphatic carbocycles. The van der Waals surface area contributed by atoms with Gasteiger partial charge in [-0.25, -0.2) is 4.79 Å². The van der Waals surface area contributed by atoms with Crippen molar-refractivity contribution in [1.82, 2.24) is 4.90 Å². The maximum Gasteiger partial charge on any atom is 0.409 e. The molecule has 0 bridgehead atoms. The summed E-state index contributed by atoms with van der Waals surface area (Å²) in [5.41, 5.74) is 15.1. The molecule has 0 radical (unpaired) electrons. The van der Waals surface area contributed by atoms with Crippen molar-refractivity contribution in [2.24, 2.45) is 5.11 Å². The Morgan fingerprint density at radius 2 is 1.66 bits per heavy atom. The molecule has 0 N–H and O–H groups in total. The lowest BCUT2D eigenvalue weighted by atomic mass is 9.98. The molecule has 1 saturated heterocycles. The van der Waals surface area contributed by atoms with Gasteiger partial charge in [-0.3, -0.25) is 0 Å². The van der Waals surface area contributed by atoms with Crippen molar-refractivity contribution in [3.8, 4) is 11.1 Å². The molecule has 0 saturated carbocycles. The number of nitrogens with zero attached hydrogens (tertiary/aromatic N) is 5. The highest BCUT2D eigenvalue weighted by Gasteiger charge is 2.30. The number of ether oxygens (including phenoxy) is 1. The molecule has 5 rings (SSSR count). The van der Waals surface area contributed by atoms with Crippen molar-refractivity contribution in [2.75, 3.05) is 37.7 Å². The van der Waals surface area contributed by atoms with E-state index in [1.165, 1.54) is 6.07 Å². The second kappa shape index (κ2) is 10.4. The SMILES string of the molecule is Cc1c(CS(=O)(=O)F)cc(N=[N+]=[N-])cc1N1CCN(C(=O)OCC2c3ccccc3-c3ccccc32)CC1. The minimum absolute atomic E-state index is 0.0241. The highest BCUT2D eigenvalue weighted by Crippen LogP contribution is 2.44. The number of halogens is 1. The fourth-order valence-corrected chi connectivity index (χ4v) is 6.00. The molecule has 0 spiro atoms. The topological polar surface area (TPSA) is 116 Å². The van der Waals surface area contributed by atoms with Crippen LogP contribution in [0, 0.1) is 6.92 Å². The summed E-state index contributed by atoms with van der Waals surface area (Å²) >= 11 is 0. The van der Waals surface area contributed by atoms with Gasteiger partial charge in [-0.15, -0.1) is 3.89 Å². The lowest BCUT2D eigenvalue weighted by Crippen LogP contribution is -2.49. The average Bonchev–Trinajstić information content (AvgIpc) is 3.22. The number of piperazine rings is 1. The van der Waals surface area contributed by atoms with E-state index < -0.39 is 22.1 Å². The first kappa shape index (κ1) is 25.6. The van der Waals surface area contributed by atoms with E-state index >= 15 is 0 Å². The van der Waals surface area contributed by atoms with Crippen LogP contribution in [0.2, 0.25) is 0 Å². The number of azide groups is 1. The number of benzene rings is 3. The van der Waals surface area contributed by atoms with E-state index in [-0.39, 0.29) is 23.8 Å². The molecule has 1 amide bonds. The highest BCUT2D eigenvalue weighted by molar-refractivity contribution is 7.85. The number of fused-ring (bicyclic) bond motifs is 3. The minimum Gasteiger partial charge on any atom is -0.448 e. The summed E-state index contributed by atoms with van der Waals surface area (Å²) in [5.74, 6) is -0.829. The van der Waals surface area contributed by atoms with Crippen LogP contribution in [0.5, 0.6) is 0 Å². The molecule has 2 aliphatic rings. The van der Waals surface area contributed by atoms with Gasteiger partial charge >= 0.3 is 16.3 Å².